The van der Waals surface area contributed by atoms with Gasteiger partial charge in [0.15, 0.2) is 0 Å². The first-order valence-corrected chi connectivity index (χ1v) is 19.7. The molecule has 1 saturated carbocycles. The van der Waals surface area contributed by atoms with Gasteiger partial charge in [-0.25, -0.2) is 9.52 Å². The van der Waals surface area contributed by atoms with Crippen LogP contribution in [0.15, 0.2) is 71.6 Å². The molecule has 3 aromatic rings. The van der Waals surface area contributed by atoms with E-state index in [9.17, 15) is 9.59 Å². The van der Waals surface area contributed by atoms with Crippen molar-refractivity contribution in [3.63, 3.8) is 0 Å². The number of likely N-dealkylation sites (tertiary alicyclic amines) is 1. The van der Waals surface area contributed by atoms with Crippen molar-refractivity contribution < 1.29 is 32.6 Å². The molecular formula is C41H54ClF2N3O5S. The zero-order chi connectivity index (χ0) is 38.4. The maximum atomic E-state index is 15.3. The Morgan fingerprint density at radius 2 is 1.58 bits per heavy atom. The fraction of sp³-hybridized carbons (Fsp3) is 0.512. The molecule has 53 heavy (non-hydrogen) atoms. The molecule has 1 aliphatic heterocycles. The minimum Gasteiger partial charge on any atom is -0.493 e. The molecule has 0 radical (unpaired) electrons. The third-order valence-electron chi connectivity index (χ3n) is 9.14. The molecular weight excluding hydrogens is 720 g/mol. The van der Waals surface area contributed by atoms with E-state index in [4.69, 9.17) is 25.8 Å². The van der Waals surface area contributed by atoms with Crippen molar-refractivity contribution in [2.24, 2.45) is 5.92 Å². The van der Waals surface area contributed by atoms with Gasteiger partial charge in [-0.1, -0.05) is 61.2 Å². The van der Waals surface area contributed by atoms with E-state index in [-0.39, 0.29) is 24.0 Å². The molecule has 3 aromatic carbocycles. The first-order valence-electron chi connectivity index (χ1n) is 18.5. The Bertz CT molecular complexity index is 1580. The van der Waals surface area contributed by atoms with Gasteiger partial charge in [0.2, 0.25) is 0 Å². The molecule has 290 valence electrons. The predicted molar refractivity (Wildman–Crippen MR) is 209 cm³/mol. The number of carbonyl (C=O) groups is 2. The monoisotopic (exact) mass is 773 g/mol. The lowest BCUT2D eigenvalue weighted by molar-refractivity contribution is -0.119. The van der Waals surface area contributed by atoms with Crippen LogP contribution >= 0.6 is 23.5 Å². The fourth-order valence-corrected chi connectivity index (χ4v) is 7.04. The van der Waals surface area contributed by atoms with Crippen molar-refractivity contribution in [3.8, 4) is 22.6 Å². The molecule has 1 aliphatic carbocycles. The molecule has 0 spiro atoms. The smallest absolute Gasteiger partial charge is 0.407 e. The summed E-state index contributed by atoms with van der Waals surface area (Å²) in [4.78, 5) is 26.1. The van der Waals surface area contributed by atoms with Gasteiger partial charge in [0.25, 0.3) is 5.92 Å². The number of amides is 1. The molecule has 2 fully saturated rings. The summed E-state index contributed by atoms with van der Waals surface area (Å²) in [7, 11) is 2.10. The number of nitrogens with one attached hydrogen (secondary N) is 2. The van der Waals surface area contributed by atoms with E-state index in [1.165, 1.54) is 44.2 Å². The van der Waals surface area contributed by atoms with Crippen molar-refractivity contribution in [1.29, 1.82) is 0 Å². The van der Waals surface area contributed by atoms with Gasteiger partial charge < -0.3 is 29.2 Å². The molecule has 12 heteroatoms. The quantitative estimate of drug-likeness (QED) is 0.131. The lowest BCUT2D eigenvalue weighted by atomic mass is 9.90. The zero-order valence-electron chi connectivity index (χ0n) is 31.5. The number of benzene rings is 3. The van der Waals surface area contributed by atoms with Gasteiger partial charge in [-0.3, -0.25) is 0 Å². The number of carbonyl (C=O) groups excluding carboxylic acids is 2. The number of aldehydes is 1. The van der Waals surface area contributed by atoms with Crippen LogP contribution in [0.3, 0.4) is 0 Å². The highest BCUT2D eigenvalue weighted by Gasteiger charge is 2.41. The Balaban J connectivity index is 0.000000350. The van der Waals surface area contributed by atoms with Gasteiger partial charge in [-0.05, 0) is 139 Å². The Hall–Kier alpha value is -3.38. The Morgan fingerprint density at radius 3 is 2.19 bits per heavy atom. The summed E-state index contributed by atoms with van der Waals surface area (Å²) in [5.41, 5.74) is 0.865. The number of alkyl halides is 2. The van der Waals surface area contributed by atoms with Crippen LogP contribution in [0.4, 0.5) is 13.6 Å². The van der Waals surface area contributed by atoms with Crippen LogP contribution in [0.25, 0.3) is 11.1 Å². The summed E-state index contributed by atoms with van der Waals surface area (Å²) in [5, 5.41) is 3.39. The molecule has 2 N–H and O–H groups in total. The van der Waals surface area contributed by atoms with Crippen molar-refractivity contribution in [2.75, 3.05) is 33.4 Å². The van der Waals surface area contributed by atoms with E-state index in [1.807, 2.05) is 39.8 Å². The second-order valence-electron chi connectivity index (χ2n) is 14.6. The van der Waals surface area contributed by atoms with Crippen molar-refractivity contribution in [3.05, 3.63) is 77.3 Å². The molecule has 1 heterocycles. The van der Waals surface area contributed by atoms with E-state index >= 15 is 8.78 Å². The SMILES string of the molecule is CCOc1cc(-c2ccc(C(F)(F)C(C=O)NSc3ccc(OCC4CCCCC4)cc3)cc2)ccc1Cl.CN1CCC(NC(=O)OC(C)(C)C)CC1. The summed E-state index contributed by atoms with van der Waals surface area (Å²) in [6.45, 7) is 10.7. The predicted octanol–water partition coefficient (Wildman–Crippen LogP) is 9.93. The van der Waals surface area contributed by atoms with Gasteiger partial charge in [0.1, 0.15) is 29.4 Å². The van der Waals surface area contributed by atoms with Crippen molar-refractivity contribution in [2.45, 2.75) is 101 Å². The normalized spacial score (nSPS) is 16.5. The fourth-order valence-electron chi connectivity index (χ4n) is 6.13. The lowest BCUT2D eigenvalue weighted by Crippen LogP contribution is -2.45. The second-order valence-corrected chi connectivity index (χ2v) is 15.9. The third-order valence-corrected chi connectivity index (χ3v) is 10.3. The summed E-state index contributed by atoms with van der Waals surface area (Å²) >= 11 is 7.14. The maximum absolute atomic E-state index is 15.3. The summed E-state index contributed by atoms with van der Waals surface area (Å²) in [6, 6.07) is 17.0. The van der Waals surface area contributed by atoms with Gasteiger partial charge in [-0.2, -0.15) is 8.78 Å². The standard InChI is InChI=1S/C30H32ClF2NO3S.C11H22N2O2/c1-2-36-28-18-23(10-17-27(28)31)22-8-11-24(12-9-22)30(32,33)29(19-35)34-38-26-15-13-25(14-16-26)37-20-21-6-4-3-5-7-21;1-11(2,3)15-10(14)12-9-5-7-13(4)8-6-9/h8-19,21,29,34H,2-7,20H2,1H3;9H,5-8H2,1-4H3,(H,12,14). The first-order chi connectivity index (χ1) is 25.3. The van der Waals surface area contributed by atoms with Crippen LogP contribution in [0.1, 0.15) is 78.2 Å². The highest BCUT2D eigenvalue weighted by molar-refractivity contribution is 7.97. The first kappa shape index (κ1) is 42.4. The van der Waals surface area contributed by atoms with Crippen LogP contribution in [0, 0.1) is 5.92 Å². The number of halogens is 3. The number of piperidine rings is 1. The largest absolute Gasteiger partial charge is 0.493 e. The molecule has 1 unspecified atom stereocenters. The molecule has 8 nitrogen and oxygen atoms in total. The van der Waals surface area contributed by atoms with E-state index in [0.717, 1.165) is 54.8 Å². The number of alkyl carbamates (subject to hydrolysis) is 1. The highest BCUT2D eigenvalue weighted by atomic mass is 35.5. The number of hydrogen-bond donors (Lipinski definition) is 2. The Labute approximate surface area is 322 Å². The van der Waals surface area contributed by atoms with Crippen LogP contribution in [0.5, 0.6) is 11.5 Å². The Kier molecular flexibility index (Phi) is 16.3. The molecule has 1 saturated heterocycles. The van der Waals surface area contributed by atoms with E-state index in [2.05, 4.69) is 22.0 Å². The zero-order valence-corrected chi connectivity index (χ0v) is 33.0. The topological polar surface area (TPSA) is 89.1 Å². The summed E-state index contributed by atoms with van der Waals surface area (Å²) in [5.74, 6) is -1.52. The van der Waals surface area contributed by atoms with Gasteiger partial charge in [-0.15, -0.1) is 0 Å². The molecule has 1 atom stereocenters. The van der Waals surface area contributed by atoms with E-state index < -0.39 is 17.6 Å². The van der Waals surface area contributed by atoms with Crippen LogP contribution in [0.2, 0.25) is 5.02 Å². The second kappa shape index (κ2) is 20.3. The number of rotatable bonds is 13. The number of ether oxygens (including phenoxy) is 3. The average molecular weight is 774 g/mol. The van der Waals surface area contributed by atoms with Crippen molar-refractivity contribution in [1.82, 2.24) is 14.9 Å². The highest BCUT2D eigenvalue weighted by Crippen LogP contribution is 2.36. The summed E-state index contributed by atoms with van der Waals surface area (Å²) < 4.78 is 49.8. The molecule has 5 rings (SSSR count). The molecule has 2 aliphatic rings. The maximum Gasteiger partial charge on any atom is 0.407 e. The minimum absolute atomic E-state index is 0.246. The molecule has 1 amide bonds. The average Bonchev–Trinajstić information content (AvgIpc) is 3.13. The number of hydrogen-bond acceptors (Lipinski definition) is 8. The van der Waals surface area contributed by atoms with Crippen molar-refractivity contribution >= 4 is 35.9 Å². The van der Waals surface area contributed by atoms with Crippen LogP contribution in [-0.2, 0) is 15.5 Å². The molecule has 0 bridgehead atoms. The number of nitrogens with zero attached hydrogens (tertiary/aromatic N) is 1. The van der Waals surface area contributed by atoms with Crippen LogP contribution in [-0.4, -0.2) is 68.3 Å². The lowest BCUT2D eigenvalue weighted by Gasteiger charge is -2.30. The third kappa shape index (κ3) is 13.8. The Morgan fingerprint density at radius 1 is 0.943 bits per heavy atom. The van der Waals surface area contributed by atoms with Gasteiger partial charge in [0, 0.05) is 16.5 Å². The van der Waals surface area contributed by atoms with Gasteiger partial charge >= 0.3 is 6.09 Å². The van der Waals surface area contributed by atoms with E-state index in [1.54, 1.807) is 42.5 Å². The van der Waals surface area contributed by atoms with Gasteiger partial charge in [0.05, 0.1) is 18.2 Å². The van der Waals surface area contributed by atoms with E-state index in [0.29, 0.717) is 34.8 Å². The minimum atomic E-state index is -3.41. The molecule has 0 aromatic heterocycles. The van der Waals surface area contributed by atoms with Crippen LogP contribution < -0.4 is 19.5 Å². The summed E-state index contributed by atoms with van der Waals surface area (Å²) in [6.07, 6.45) is 8.22.